The summed E-state index contributed by atoms with van der Waals surface area (Å²) in [5, 5.41) is 107. The molecule has 18 heteroatoms. The van der Waals surface area contributed by atoms with Gasteiger partial charge >= 0.3 is 11.9 Å². The monoisotopic (exact) mass is 925 g/mol. The van der Waals surface area contributed by atoms with Crippen LogP contribution in [0.2, 0.25) is 0 Å². The number of halogens is 1. The Morgan fingerprint density at radius 3 is 1.86 bits per heavy atom. The number of alkyl halides is 1. The number of carbonyl (C=O) groups excluding carboxylic acids is 1. The van der Waals surface area contributed by atoms with Gasteiger partial charge in [0.05, 0.1) is 79.6 Å². The number of cyclic esters (lactones) is 1. The second-order valence-electron chi connectivity index (χ2n) is 17.5. The highest BCUT2D eigenvalue weighted by atomic mass is 19.1. The number of carboxylic acid groups (broad SMARTS) is 1. The van der Waals surface area contributed by atoms with E-state index in [9.17, 15) is 60.7 Å². The highest BCUT2D eigenvalue weighted by molar-refractivity contribution is 5.71. The van der Waals surface area contributed by atoms with Gasteiger partial charge in [-0.05, 0) is 33.1 Å². The molecule has 0 aromatic rings. The first kappa shape index (κ1) is 55.9. The van der Waals surface area contributed by atoms with E-state index in [2.05, 4.69) is 0 Å². The van der Waals surface area contributed by atoms with Gasteiger partial charge in [0.2, 0.25) is 0 Å². The van der Waals surface area contributed by atoms with E-state index >= 15 is 4.39 Å². The minimum Gasteiger partial charge on any atom is -0.481 e. The summed E-state index contributed by atoms with van der Waals surface area (Å²) in [6, 6.07) is -1.37. The molecule has 0 amide bonds. The van der Waals surface area contributed by atoms with Gasteiger partial charge < -0.3 is 75.7 Å². The molecule has 368 valence electrons. The molecule has 2 fully saturated rings. The Morgan fingerprint density at radius 1 is 0.708 bits per heavy atom. The normalized spacial score (nSPS) is 45.5. The molecule has 12 unspecified atom stereocenters. The molecular weight excluding hydrogens is 854 g/mol. The Morgan fingerprint density at radius 2 is 1.28 bits per heavy atom. The zero-order chi connectivity index (χ0) is 48.4. The number of fused-ring (bicyclic) bond motifs is 2. The van der Waals surface area contributed by atoms with Gasteiger partial charge in [0.15, 0.2) is 18.2 Å². The van der Waals surface area contributed by atoms with Gasteiger partial charge in [-0.2, -0.15) is 0 Å². The second-order valence-corrected chi connectivity index (χ2v) is 17.5. The Balaban J connectivity index is 1.86. The van der Waals surface area contributed by atoms with E-state index in [1.807, 2.05) is 13.0 Å². The summed E-state index contributed by atoms with van der Waals surface area (Å²) in [6.45, 7) is 6.67. The van der Waals surface area contributed by atoms with Crippen molar-refractivity contribution in [2.45, 2.75) is 177 Å². The van der Waals surface area contributed by atoms with Crippen LogP contribution in [0.1, 0.15) is 79.1 Å². The van der Waals surface area contributed by atoms with E-state index in [0.29, 0.717) is 0 Å². The van der Waals surface area contributed by atoms with Crippen molar-refractivity contribution in [1.82, 2.24) is 0 Å². The molecular formula is C47H72FNO16. The quantitative estimate of drug-likeness (QED) is 0.180. The lowest BCUT2D eigenvalue weighted by molar-refractivity contribution is -0.306. The van der Waals surface area contributed by atoms with Gasteiger partial charge in [0.1, 0.15) is 12.0 Å². The Hall–Kier alpha value is -3.47. The molecule has 3 aliphatic rings. The lowest BCUT2D eigenvalue weighted by atomic mass is 9.82. The maximum absolute atomic E-state index is 15.3. The first-order chi connectivity index (χ1) is 30.6. The number of rotatable bonds is 3. The number of allylic oxidation sites excluding steroid dienone is 12. The van der Waals surface area contributed by atoms with Crippen LogP contribution in [-0.4, -0.2) is 161 Å². The molecule has 0 radical (unpaired) electrons. The van der Waals surface area contributed by atoms with Crippen molar-refractivity contribution in [2.24, 2.45) is 23.5 Å². The number of aliphatic hydroxyl groups is 9. The third kappa shape index (κ3) is 18.6. The molecule has 0 aromatic heterocycles. The summed E-state index contributed by atoms with van der Waals surface area (Å²) < 4.78 is 38.2. The van der Waals surface area contributed by atoms with Crippen LogP contribution < -0.4 is 5.73 Å². The number of aliphatic hydroxyl groups excluding tert-OH is 8. The van der Waals surface area contributed by atoms with Crippen molar-refractivity contribution >= 4 is 11.9 Å². The standard InChI is InChI=1S/C47H72FNO16/c1-27-17-15-13-11-9-7-5-6-8-10-12-14-16-18-34(64-46-41(48)42(49)44(58)30(4)63-46)24-38-40(45(59)60)37(55)26-47(61,65-38)25-33(52)22-36(54)35(53)20-19-31(50)21-32(51)23-39(56)62-29(3)28(2)43(27)57/h5-18,27-38,40-44,46,50-55,57-58,61H,19-26,49H2,1-4H3,(H,59,60)/b6-5-,9-7-,10-8-,13-11-,14-12-,17-15-,18-16-/t27-,28-,29-,30+,31?,32?,33?,34?,35?,36?,37-,38-,40?,41?,42+,43?,44?,46?,47?/m0/s1. The van der Waals surface area contributed by atoms with E-state index in [-0.39, 0.29) is 31.6 Å². The number of hydrogen-bond donors (Lipinski definition) is 11. The summed E-state index contributed by atoms with van der Waals surface area (Å²) in [5.74, 6) is -6.92. The molecule has 2 saturated heterocycles. The molecule has 12 N–H and O–H groups in total. The van der Waals surface area contributed by atoms with Gasteiger partial charge in [0.25, 0.3) is 0 Å². The molecule has 0 aliphatic carbocycles. The van der Waals surface area contributed by atoms with Crippen molar-refractivity contribution in [3.8, 4) is 0 Å². The van der Waals surface area contributed by atoms with Crippen LogP contribution in [0.25, 0.3) is 0 Å². The summed E-state index contributed by atoms with van der Waals surface area (Å²) in [5.41, 5.74) is 5.89. The van der Waals surface area contributed by atoms with Crippen molar-refractivity contribution in [2.75, 3.05) is 0 Å². The average molecular weight is 926 g/mol. The molecule has 0 saturated carbocycles. The van der Waals surface area contributed by atoms with Crippen LogP contribution in [0.3, 0.4) is 0 Å². The van der Waals surface area contributed by atoms with Crippen LogP contribution in [0.15, 0.2) is 85.1 Å². The minimum atomic E-state index is -2.35. The average Bonchev–Trinajstić information content (AvgIpc) is 3.21. The third-order valence-electron chi connectivity index (χ3n) is 12.0. The number of aliphatic carboxylic acids is 1. The van der Waals surface area contributed by atoms with Gasteiger partial charge in [-0.3, -0.25) is 9.59 Å². The van der Waals surface area contributed by atoms with Crippen molar-refractivity contribution in [3.05, 3.63) is 85.1 Å². The van der Waals surface area contributed by atoms with Crippen LogP contribution >= 0.6 is 0 Å². The number of ether oxygens (including phenoxy) is 4. The SMILES string of the molecule is C[C@@H]1OC(=O)CC(O)CC(O)CCC(O)C(O)CC(O)CC2(O)C[C@H](O)C(C(=O)O)[C@H](CC(OC3O[C@H](C)C(O)[C@H](N)C3F)\C=C/C=C\C=C/C=C\C=C/C=C\C=C/[C@H](C)C(O)[C@H]1C)O2. The molecule has 65 heavy (non-hydrogen) atoms. The zero-order valence-electron chi connectivity index (χ0n) is 37.5. The maximum Gasteiger partial charge on any atom is 0.311 e. The molecule has 0 aromatic carbocycles. The van der Waals surface area contributed by atoms with Crippen LogP contribution in [-0.2, 0) is 28.5 Å². The number of carboxylic acids is 1. The second kappa shape index (κ2) is 27.4. The smallest absolute Gasteiger partial charge is 0.311 e. The Labute approximate surface area is 380 Å². The largest absolute Gasteiger partial charge is 0.481 e. The maximum atomic E-state index is 15.3. The van der Waals surface area contributed by atoms with Gasteiger partial charge in [-0.1, -0.05) is 98.9 Å². The minimum absolute atomic E-state index is 0.115. The van der Waals surface area contributed by atoms with E-state index in [1.54, 1.807) is 80.7 Å². The zero-order valence-corrected chi connectivity index (χ0v) is 37.5. The Bertz CT molecular complexity index is 1670. The lowest BCUT2D eigenvalue weighted by Gasteiger charge is -2.45. The summed E-state index contributed by atoms with van der Waals surface area (Å²) >= 11 is 0. The highest BCUT2D eigenvalue weighted by Gasteiger charge is 2.51. The lowest BCUT2D eigenvalue weighted by Crippen LogP contribution is -2.60. The van der Waals surface area contributed by atoms with Crippen molar-refractivity contribution in [1.29, 1.82) is 0 Å². The summed E-state index contributed by atoms with van der Waals surface area (Å²) in [6.07, 6.45) is 1.93. The predicted octanol–water partition coefficient (Wildman–Crippen LogP) is 1.69. The molecule has 0 spiro atoms. The first-order valence-electron chi connectivity index (χ1n) is 22.3. The summed E-state index contributed by atoms with van der Waals surface area (Å²) in [7, 11) is 0. The van der Waals surface area contributed by atoms with Gasteiger partial charge in [-0.15, -0.1) is 0 Å². The highest BCUT2D eigenvalue weighted by Crippen LogP contribution is 2.38. The topological polar surface area (TPSA) is 299 Å². The molecule has 3 heterocycles. The fourth-order valence-corrected chi connectivity index (χ4v) is 7.94. The van der Waals surface area contributed by atoms with Crippen LogP contribution in [0.4, 0.5) is 4.39 Å². The fraction of sp³-hybridized carbons (Fsp3) is 0.660. The molecule has 3 aliphatic heterocycles. The number of esters is 1. The van der Waals surface area contributed by atoms with Crippen LogP contribution in [0.5, 0.6) is 0 Å². The number of nitrogens with two attached hydrogens (primary N) is 1. The van der Waals surface area contributed by atoms with E-state index in [1.165, 1.54) is 19.1 Å². The number of hydrogen-bond acceptors (Lipinski definition) is 16. The molecule has 3 rings (SSSR count). The number of carbonyl (C=O) groups is 2. The Kier molecular flexibility index (Phi) is 23.5. The predicted molar refractivity (Wildman–Crippen MR) is 236 cm³/mol. The molecule has 17 nitrogen and oxygen atoms in total. The van der Waals surface area contributed by atoms with Crippen molar-refractivity contribution in [3.63, 3.8) is 0 Å². The third-order valence-corrected chi connectivity index (χ3v) is 12.0. The van der Waals surface area contributed by atoms with Gasteiger partial charge in [0, 0.05) is 37.5 Å². The van der Waals surface area contributed by atoms with Crippen molar-refractivity contribution < 1.29 is 84.0 Å². The van der Waals surface area contributed by atoms with E-state index in [0.717, 1.165) is 0 Å². The van der Waals surface area contributed by atoms with Crippen LogP contribution in [0, 0.1) is 17.8 Å². The fourth-order valence-electron chi connectivity index (χ4n) is 7.94. The molecule has 19 atom stereocenters. The van der Waals surface area contributed by atoms with E-state index in [4.69, 9.17) is 24.7 Å². The first-order valence-corrected chi connectivity index (χ1v) is 22.3. The van der Waals surface area contributed by atoms with E-state index < -0.39 is 147 Å². The molecule has 2 bridgehead atoms. The van der Waals surface area contributed by atoms with Gasteiger partial charge in [-0.25, -0.2) is 4.39 Å². The summed E-state index contributed by atoms with van der Waals surface area (Å²) in [4.78, 5) is 25.1.